The summed E-state index contributed by atoms with van der Waals surface area (Å²) in [5, 5.41) is 10.6. The van der Waals surface area contributed by atoms with Crippen molar-refractivity contribution in [2.75, 3.05) is 26.2 Å². The smallest absolute Gasteiger partial charge is 0.269 e. The fourth-order valence-electron chi connectivity index (χ4n) is 3.79. The number of nitrogens with one attached hydrogen (secondary N) is 1. The molecule has 1 N–H and O–H groups in total. The summed E-state index contributed by atoms with van der Waals surface area (Å²) < 4.78 is 1.68. The van der Waals surface area contributed by atoms with Crippen LogP contribution in [-0.2, 0) is 6.42 Å². The number of amides is 1. The molecule has 0 bridgehead atoms. The van der Waals surface area contributed by atoms with Crippen LogP contribution in [0.1, 0.15) is 28.9 Å². The van der Waals surface area contributed by atoms with Gasteiger partial charge in [-0.1, -0.05) is 36.4 Å². The van der Waals surface area contributed by atoms with E-state index in [0.717, 1.165) is 32.5 Å². The van der Waals surface area contributed by atoms with E-state index in [9.17, 15) is 4.79 Å². The van der Waals surface area contributed by atoms with Crippen molar-refractivity contribution < 1.29 is 4.79 Å². The largest absolute Gasteiger partial charge is 0.350 e. The van der Waals surface area contributed by atoms with E-state index in [-0.39, 0.29) is 5.91 Å². The summed E-state index contributed by atoms with van der Waals surface area (Å²) in [6.45, 7) is 3.91. The summed E-state index contributed by atoms with van der Waals surface area (Å²) in [4.78, 5) is 19.5. The van der Waals surface area contributed by atoms with Crippen LogP contribution in [0.4, 0.5) is 0 Å². The number of rotatable bonds is 7. The van der Waals surface area contributed by atoms with Crippen molar-refractivity contribution in [2.24, 2.45) is 5.92 Å². The van der Waals surface area contributed by atoms with Gasteiger partial charge in [0.15, 0.2) is 0 Å². The first-order chi connectivity index (χ1) is 14.3. The van der Waals surface area contributed by atoms with Gasteiger partial charge in [0, 0.05) is 19.6 Å². The Bertz CT molecular complexity index is 912. The minimum atomic E-state index is -0.138. The Kier molecular flexibility index (Phi) is 6.26. The second-order valence-electron chi connectivity index (χ2n) is 7.50. The number of benzene rings is 1. The lowest BCUT2D eigenvalue weighted by Crippen LogP contribution is -2.41. The summed E-state index contributed by atoms with van der Waals surface area (Å²) in [7, 11) is 0. The van der Waals surface area contributed by atoms with E-state index in [0.29, 0.717) is 24.0 Å². The fourth-order valence-corrected chi connectivity index (χ4v) is 3.79. The maximum atomic E-state index is 12.6. The van der Waals surface area contributed by atoms with E-state index in [1.54, 1.807) is 23.3 Å². The number of pyridine rings is 1. The third kappa shape index (κ3) is 5.26. The van der Waals surface area contributed by atoms with Gasteiger partial charge in [-0.15, -0.1) is 10.2 Å². The average Bonchev–Trinajstić information content (AvgIpc) is 3.32. The minimum Gasteiger partial charge on any atom is -0.350 e. The molecule has 4 rings (SSSR count). The maximum absolute atomic E-state index is 12.6. The molecule has 0 radical (unpaired) electrons. The Balaban J connectivity index is 1.27. The Labute approximate surface area is 170 Å². The van der Waals surface area contributed by atoms with E-state index < -0.39 is 0 Å². The highest BCUT2D eigenvalue weighted by Gasteiger charge is 2.20. The van der Waals surface area contributed by atoms with Gasteiger partial charge < -0.3 is 10.2 Å². The molecule has 3 aromatic rings. The van der Waals surface area contributed by atoms with Gasteiger partial charge in [-0.3, -0.25) is 9.36 Å². The Hall–Kier alpha value is -3.06. The highest BCUT2D eigenvalue weighted by molar-refractivity contribution is 5.92. The van der Waals surface area contributed by atoms with Crippen LogP contribution in [0.15, 0.2) is 61.2 Å². The van der Waals surface area contributed by atoms with E-state index in [4.69, 9.17) is 0 Å². The van der Waals surface area contributed by atoms with Gasteiger partial charge in [0.25, 0.3) is 5.91 Å². The Morgan fingerprint density at radius 3 is 2.72 bits per heavy atom. The Morgan fingerprint density at radius 2 is 1.90 bits per heavy atom. The summed E-state index contributed by atoms with van der Waals surface area (Å²) in [6.07, 6.45) is 6.53. The van der Waals surface area contributed by atoms with Crippen LogP contribution in [0.25, 0.3) is 5.82 Å². The molecular formula is C22H26N6O. The number of piperidine rings is 1. The van der Waals surface area contributed by atoms with Crippen LogP contribution in [0, 0.1) is 5.92 Å². The zero-order valence-electron chi connectivity index (χ0n) is 16.4. The zero-order valence-corrected chi connectivity index (χ0v) is 16.4. The highest BCUT2D eigenvalue weighted by atomic mass is 16.1. The van der Waals surface area contributed by atoms with Crippen molar-refractivity contribution >= 4 is 5.91 Å². The lowest BCUT2D eigenvalue weighted by atomic mass is 9.97. The predicted octanol–water partition coefficient (Wildman–Crippen LogP) is 2.35. The van der Waals surface area contributed by atoms with Crippen LogP contribution in [0.5, 0.6) is 0 Å². The van der Waals surface area contributed by atoms with Crippen LogP contribution in [0.2, 0.25) is 0 Å². The molecule has 150 valence electrons. The van der Waals surface area contributed by atoms with E-state index in [2.05, 4.69) is 55.7 Å². The van der Waals surface area contributed by atoms with E-state index in [1.807, 2.05) is 12.1 Å². The number of hydrogen-bond acceptors (Lipinski definition) is 5. The van der Waals surface area contributed by atoms with Gasteiger partial charge in [-0.25, -0.2) is 4.98 Å². The molecule has 1 aliphatic heterocycles. The monoisotopic (exact) mass is 390 g/mol. The third-order valence-electron chi connectivity index (χ3n) is 5.36. The number of hydrogen-bond donors (Lipinski definition) is 1. The maximum Gasteiger partial charge on any atom is 0.269 e. The quantitative estimate of drug-likeness (QED) is 0.670. The lowest BCUT2D eigenvalue weighted by molar-refractivity contribution is 0.0927. The first-order valence-electron chi connectivity index (χ1n) is 10.1. The first kappa shape index (κ1) is 19.3. The van der Waals surface area contributed by atoms with Crippen molar-refractivity contribution in [3.8, 4) is 5.82 Å². The number of nitrogens with zero attached hydrogens (tertiary/aromatic N) is 5. The van der Waals surface area contributed by atoms with Crippen LogP contribution in [0.3, 0.4) is 0 Å². The molecule has 0 spiro atoms. The molecule has 1 atom stereocenters. The van der Waals surface area contributed by atoms with Gasteiger partial charge in [-0.2, -0.15) is 0 Å². The summed E-state index contributed by atoms with van der Waals surface area (Å²) in [5.41, 5.74) is 1.79. The van der Waals surface area contributed by atoms with Gasteiger partial charge in [0.2, 0.25) is 0 Å². The van der Waals surface area contributed by atoms with Gasteiger partial charge in [0.1, 0.15) is 24.2 Å². The van der Waals surface area contributed by atoms with Crippen LogP contribution < -0.4 is 5.32 Å². The van der Waals surface area contributed by atoms with Gasteiger partial charge in [-0.05, 0) is 49.4 Å². The van der Waals surface area contributed by atoms with Crippen molar-refractivity contribution in [1.82, 2.24) is 30.0 Å². The van der Waals surface area contributed by atoms with E-state index >= 15 is 0 Å². The summed E-state index contributed by atoms with van der Waals surface area (Å²) in [5.74, 6) is 0.971. The summed E-state index contributed by atoms with van der Waals surface area (Å²) >= 11 is 0. The summed E-state index contributed by atoms with van der Waals surface area (Å²) in [6, 6.07) is 16.0. The SMILES string of the molecule is O=C(NC[C@@H]1CCCN(CCc2ccccc2)C1)c1cccc(-n2cnnc2)n1. The van der Waals surface area contributed by atoms with Crippen LogP contribution in [-0.4, -0.2) is 56.7 Å². The second kappa shape index (κ2) is 9.43. The van der Waals surface area contributed by atoms with Crippen molar-refractivity contribution in [2.45, 2.75) is 19.3 Å². The van der Waals surface area contributed by atoms with Crippen molar-refractivity contribution in [3.05, 3.63) is 72.4 Å². The number of carbonyl (C=O) groups excluding carboxylic acids is 1. The molecule has 0 unspecified atom stereocenters. The lowest BCUT2D eigenvalue weighted by Gasteiger charge is -2.32. The first-order valence-corrected chi connectivity index (χ1v) is 10.1. The molecule has 2 aromatic heterocycles. The van der Waals surface area contributed by atoms with E-state index in [1.165, 1.54) is 12.0 Å². The molecule has 1 saturated heterocycles. The van der Waals surface area contributed by atoms with Gasteiger partial charge >= 0.3 is 0 Å². The molecule has 7 heteroatoms. The average molecular weight is 390 g/mol. The predicted molar refractivity (Wildman–Crippen MR) is 111 cm³/mol. The number of likely N-dealkylation sites (tertiary alicyclic amines) is 1. The fraction of sp³-hybridized carbons (Fsp3) is 0.364. The van der Waals surface area contributed by atoms with Crippen LogP contribution >= 0.6 is 0 Å². The Morgan fingerprint density at radius 1 is 1.07 bits per heavy atom. The number of aromatic nitrogens is 4. The molecule has 7 nitrogen and oxygen atoms in total. The molecule has 1 aliphatic rings. The number of carbonyl (C=O) groups is 1. The van der Waals surface area contributed by atoms with Gasteiger partial charge in [0.05, 0.1) is 0 Å². The molecule has 3 heterocycles. The standard InChI is InChI=1S/C22H26N6O/c29-22(20-9-4-10-21(26-20)28-16-24-25-17-28)23-14-19-8-5-12-27(15-19)13-11-18-6-2-1-3-7-18/h1-4,6-7,9-10,16-17,19H,5,8,11-15H2,(H,23,29)/t19-/m0/s1. The minimum absolute atomic E-state index is 0.138. The zero-order chi connectivity index (χ0) is 19.9. The molecule has 1 aromatic carbocycles. The molecule has 0 aliphatic carbocycles. The second-order valence-corrected chi connectivity index (χ2v) is 7.50. The molecular weight excluding hydrogens is 364 g/mol. The third-order valence-corrected chi connectivity index (χ3v) is 5.36. The van der Waals surface area contributed by atoms with Crippen molar-refractivity contribution in [1.29, 1.82) is 0 Å². The molecule has 1 fully saturated rings. The molecule has 0 saturated carbocycles. The highest BCUT2D eigenvalue weighted by Crippen LogP contribution is 2.16. The van der Waals surface area contributed by atoms with Crippen molar-refractivity contribution in [3.63, 3.8) is 0 Å². The topological polar surface area (TPSA) is 75.9 Å². The molecule has 29 heavy (non-hydrogen) atoms. The molecule has 1 amide bonds. The normalized spacial score (nSPS) is 17.2.